The molecule has 3 nitrogen and oxygen atoms in total. The SMILES string of the molecule is c1ccc(-n2c3cc(-n4c5ccccc5c5ccccc54)c4ccccc4c3c3c4ccccc4c(-n4c5ccccc5c5ccccc54)cc32)cc1. The van der Waals surface area contributed by atoms with Gasteiger partial charge in [-0.15, -0.1) is 0 Å². The second-order valence-electron chi connectivity index (χ2n) is 14.1. The number of nitrogens with zero attached hydrogens (tertiary/aromatic N) is 3. The minimum absolute atomic E-state index is 1.14. The smallest absolute Gasteiger partial charge is 0.0568 e. The molecule has 3 heteroatoms. The van der Waals surface area contributed by atoms with Crippen LogP contribution in [0.25, 0.3) is 104 Å². The number of hydrogen-bond donors (Lipinski definition) is 0. The third-order valence-corrected chi connectivity index (χ3v) is 11.4. The molecule has 12 rings (SSSR count). The van der Waals surface area contributed by atoms with E-state index in [2.05, 4.69) is 202 Å². The van der Waals surface area contributed by atoms with E-state index in [9.17, 15) is 0 Å². The molecule has 0 aliphatic rings. The number of rotatable bonds is 3. The molecule has 0 unspecified atom stereocenters. The molecule has 3 aromatic heterocycles. The number of para-hydroxylation sites is 5. The quantitative estimate of drug-likeness (QED) is 0.177. The molecule has 0 radical (unpaired) electrons. The van der Waals surface area contributed by atoms with E-state index in [0.717, 1.165) is 5.69 Å². The van der Waals surface area contributed by atoms with E-state index < -0.39 is 0 Å². The van der Waals surface area contributed by atoms with Crippen molar-refractivity contribution in [1.82, 2.24) is 13.7 Å². The Labute approximate surface area is 304 Å². The third kappa shape index (κ3) is 3.83. The maximum atomic E-state index is 2.50. The van der Waals surface area contributed by atoms with E-state index in [1.54, 1.807) is 0 Å². The fourth-order valence-electron chi connectivity index (χ4n) is 9.28. The van der Waals surface area contributed by atoms with Gasteiger partial charge in [-0.05, 0) is 59.3 Å². The molecule has 0 N–H and O–H groups in total. The normalized spacial score (nSPS) is 12.2. The van der Waals surface area contributed by atoms with Crippen molar-refractivity contribution in [2.24, 2.45) is 0 Å². The van der Waals surface area contributed by atoms with Crippen LogP contribution in [-0.4, -0.2) is 13.7 Å². The average Bonchev–Trinajstić information content (AvgIpc) is 3.86. The van der Waals surface area contributed by atoms with Gasteiger partial charge in [0.2, 0.25) is 0 Å². The predicted molar refractivity (Wildman–Crippen MR) is 224 cm³/mol. The summed E-state index contributed by atoms with van der Waals surface area (Å²) < 4.78 is 7.44. The zero-order valence-corrected chi connectivity index (χ0v) is 28.7. The largest absolute Gasteiger partial charge is 0.309 e. The highest BCUT2D eigenvalue weighted by Gasteiger charge is 2.24. The summed E-state index contributed by atoms with van der Waals surface area (Å²) in [6.07, 6.45) is 0. The summed E-state index contributed by atoms with van der Waals surface area (Å²) in [4.78, 5) is 0. The van der Waals surface area contributed by atoms with Crippen molar-refractivity contribution in [3.8, 4) is 17.1 Å². The molecule has 0 saturated carbocycles. The van der Waals surface area contributed by atoms with E-state index >= 15 is 0 Å². The molecule has 246 valence electrons. The van der Waals surface area contributed by atoms with Crippen LogP contribution in [0.2, 0.25) is 0 Å². The van der Waals surface area contributed by atoms with Gasteiger partial charge >= 0.3 is 0 Å². The van der Waals surface area contributed by atoms with E-state index in [4.69, 9.17) is 0 Å². The first-order valence-electron chi connectivity index (χ1n) is 18.3. The lowest BCUT2D eigenvalue weighted by atomic mass is 9.97. The standard InChI is InChI=1S/C50H31N3/c1-2-16-32(17-3-1)51-47-30-45(52-41-26-12-8-18-33(41)34-19-9-13-27-42(34)52)37-22-4-6-24-39(37)49(47)50-40-25-7-5-23-38(40)46(31-48(50)51)53-43-28-14-10-20-35(43)36-21-11-15-29-44(36)53/h1-31H. The van der Waals surface area contributed by atoms with E-state index in [1.165, 1.54) is 98.3 Å². The molecule has 53 heavy (non-hydrogen) atoms. The zero-order valence-electron chi connectivity index (χ0n) is 28.7. The molecule has 3 heterocycles. The zero-order chi connectivity index (χ0) is 34.6. The van der Waals surface area contributed by atoms with Gasteiger partial charge in [0.1, 0.15) is 0 Å². The molecular weight excluding hydrogens is 643 g/mol. The van der Waals surface area contributed by atoms with Gasteiger partial charge in [-0.3, -0.25) is 0 Å². The Morgan fingerprint density at radius 2 is 0.528 bits per heavy atom. The number of fused-ring (bicyclic) bond motifs is 13. The van der Waals surface area contributed by atoms with Gasteiger partial charge in [0, 0.05) is 48.8 Å². The van der Waals surface area contributed by atoms with Crippen LogP contribution in [0.15, 0.2) is 188 Å². The lowest BCUT2D eigenvalue weighted by molar-refractivity contribution is 1.15. The Morgan fingerprint density at radius 1 is 0.226 bits per heavy atom. The van der Waals surface area contributed by atoms with Crippen molar-refractivity contribution in [3.05, 3.63) is 188 Å². The number of benzene rings is 9. The minimum Gasteiger partial charge on any atom is -0.309 e. The van der Waals surface area contributed by atoms with Crippen LogP contribution < -0.4 is 0 Å². The molecule has 0 spiro atoms. The topological polar surface area (TPSA) is 14.8 Å². The van der Waals surface area contributed by atoms with Crippen LogP contribution >= 0.6 is 0 Å². The molecular formula is C50H31N3. The maximum Gasteiger partial charge on any atom is 0.0568 e. The Bertz CT molecular complexity index is 3130. The van der Waals surface area contributed by atoms with Crippen LogP contribution in [0.4, 0.5) is 0 Å². The van der Waals surface area contributed by atoms with E-state index in [1.807, 2.05) is 0 Å². The van der Waals surface area contributed by atoms with Gasteiger partial charge in [0.15, 0.2) is 0 Å². The first kappa shape index (κ1) is 28.6. The lowest BCUT2D eigenvalue weighted by Gasteiger charge is -2.15. The maximum absolute atomic E-state index is 2.50. The molecule has 0 bridgehead atoms. The van der Waals surface area contributed by atoms with Crippen molar-refractivity contribution in [3.63, 3.8) is 0 Å². The molecule has 0 atom stereocenters. The Balaban J connectivity index is 1.32. The lowest BCUT2D eigenvalue weighted by Crippen LogP contribution is -1.99. The van der Waals surface area contributed by atoms with Crippen molar-refractivity contribution >= 4 is 87.0 Å². The van der Waals surface area contributed by atoms with Gasteiger partial charge in [0.25, 0.3) is 0 Å². The van der Waals surface area contributed by atoms with Crippen molar-refractivity contribution in [2.45, 2.75) is 0 Å². The molecule has 0 fully saturated rings. The molecule has 0 aliphatic heterocycles. The second kappa shape index (κ2) is 10.7. The van der Waals surface area contributed by atoms with Crippen molar-refractivity contribution in [1.29, 1.82) is 0 Å². The summed E-state index contributed by atoms with van der Waals surface area (Å²) in [5.74, 6) is 0. The van der Waals surface area contributed by atoms with Gasteiger partial charge in [-0.1, -0.05) is 140 Å². The summed E-state index contributed by atoms with van der Waals surface area (Å²) in [7, 11) is 0. The Hall–Kier alpha value is -7.10. The monoisotopic (exact) mass is 673 g/mol. The van der Waals surface area contributed by atoms with Gasteiger partial charge in [0.05, 0.1) is 44.5 Å². The van der Waals surface area contributed by atoms with Crippen LogP contribution in [0.3, 0.4) is 0 Å². The fourth-order valence-corrected chi connectivity index (χ4v) is 9.28. The highest BCUT2D eigenvalue weighted by atomic mass is 15.0. The summed E-state index contributed by atoms with van der Waals surface area (Å²) in [6.45, 7) is 0. The van der Waals surface area contributed by atoms with E-state index in [-0.39, 0.29) is 0 Å². The van der Waals surface area contributed by atoms with Crippen LogP contribution in [-0.2, 0) is 0 Å². The molecule has 0 aliphatic carbocycles. The first-order valence-corrected chi connectivity index (χ1v) is 18.3. The highest BCUT2D eigenvalue weighted by Crippen LogP contribution is 2.46. The Kier molecular flexibility index (Phi) is 5.77. The van der Waals surface area contributed by atoms with Crippen LogP contribution in [0.5, 0.6) is 0 Å². The van der Waals surface area contributed by atoms with Gasteiger partial charge in [-0.2, -0.15) is 0 Å². The number of hydrogen-bond acceptors (Lipinski definition) is 0. The van der Waals surface area contributed by atoms with E-state index in [0.29, 0.717) is 0 Å². The van der Waals surface area contributed by atoms with Crippen molar-refractivity contribution < 1.29 is 0 Å². The second-order valence-corrected chi connectivity index (χ2v) is 14.1. The molecule has 12 aromatic rings. The molecule has 0 saturated heterocycles. The number of aromatic nitrogens is 3. The fraction of sp³-hybridized carbons (Fsp3) is 0. The summed E-state index contributed by atoms with van der Waals surface area (Å²) >= 11 is 0. The molecule has 9 aromatic carbocycles. The summed E-state index contributed by atoms with van der Waals surface area (Å²) in [6, 6.07) is 69.0. The highest BCUT2D eigenvalue weighted by molar-refractivity contribution is 6.31. The first-order chi connectivity index (χ1) is 26.3. The Morgan fingerprint density at radius 3 is 0.906 bits per heavy atom. The van der Waals surface area contributed by atoms with Crippen molar-refractivity contribution in [2.75, 3.05) is 0 Å². The summed E-state index contributed by atoms with van der Waals surface area (Å²) in [5.41, 5.74) is 10.7. The minimum atomic E-state index is 1.14. The molecule has 0 amide bonds. The average molecular weight is 674 g/mol. The predicted octanol–water partition coefficient (Wildman–Crippen LogP) is 13.3. The van der Waals surface area contributed by atoms with Crippen LogP contribution in [0.1, 0.15) is 0 Å². The summed E-state index contributed by atoms with van der Waals surface area (Å²) in [5, 5.41) is 12.5. The van der Waals surface area contributed by atoms with Gasteiger partial charge in [-0.25, -0.2) is 0 Å². The third-order valence-electron chi connectivity index (χ3n) is 11.4. The van der Waals surface area contributed by atoms with Crippen LogP contribution in [0, 0.1) is 0 Å². The van der Waals surface area contributed by atoms with Gasteiger partial charge < -0.3 is 13.7 Å².